The number of carbonyl (C=O) groups is 2. The minimum atomic E-state index is -0.280. The van der Waals surface area contributed by atoms with Gasteiger partial charge in [0.15, 0.2) is 4.34 Å². The molecule has 0 radical (unpaired) electrons. The summed E-state index contributed by atoms with van der Waals surface area (Å²) in [7, 11) is 0. The summed E-state index contributed by atoms with van der Waals surface area (Å²) in [6, 6.07) is 10.4. The van der Waals surface area contributed by atoms with E-state index < -0.39 is 0 Å². The number of hydrogen-bond donors (Lipinski definition) is 1. The van der Waals surface area contributed by atoms with Crippen LogP contribution in [0.4, 0.5) is 0 Å². The number of carbonyl (C=O) groups excluding carboxylic acids is 2. The third kappa shape index (κ3) is 7.72. The van der Waals surface area contributed by atoms with Crippen molar-refractivity contribution < 1.29 is 14.3 Å². The van der Waals surface area contributed by atoms with Crippen LogP contribution in [-0.4, -0.2) is 34.8 Å². The van der Waals surface area contributed by atoms with Crippen LogP contribution in [0, 0.1) is 0 Å². The summed E-state index contributed by atoms with van der Waals surface area (Å²) in [4.78, 5) is 28.3. The molecule has 1 N–H and O–H groups in total. The van der Waals surface area contributed by atoms with Crippen molar-refractivity contribution in [3.05, 3.63) is 47.0 Å². The molecule has 146 valence electrons. The lowest BCUT2D eigenvalue weighted by Crippen LogP contribution is -2.37. The fraction of sp³-hybridized carbons (Fsp3) is 0.450. The van der Waals surface area contributed by atoms with Gasteiger partial charge in [0.1, 0.15) is 0 Å². The highest BCUT2D eigenvalue weighted by molar-refractivity contribution is 8.02. The summed E-state index contributed by atoms with van der Waals surface area (Å²) >= 11 is 2.86. The molecule has 1 aromatic heterocycles. The molecule has 0 aliphatic heterocycles. The number of aromatic nitrogens is 1. The van der Waals surface area contributed by atoms with E-state index in [4.69, 9.17) is 4.74 Å². The predicted molar refractivity (Wildman–Crippen MR) is 110 cm³/mol. The summed E-state index contributed by atoms with van der Waals surface area (Å²) < 4.78 is 5.71. The fourth-order valence-electron chi connectivity index (χ4n) is 2.45. The minimum Gasteiger partial charge on any atom is -0.466 e. The maximum atomic E-state index is 12.4. The smallest absolute Gasteiger partial charge is 0.311 e. The SMILES string of the molecule is CCOC(=O)Cc1csc(S[C@@H](C)C(=O)N[C@H](C)CCc2ccccc2)n1. The average Bonchev–Trinajstić information content (AvgIpc) is 3.07. The van der Waals surface area contributed by atoms with E-state index in [2.05, 4.69) is 22.4 Å². The molecule has 0 saturated heterocycles. The minimum absolute atomic E-state index is 0.00250. The maximum Gasteiger partial charge on any atom is 0.311 e. The summed E-state index contributed by atoms with van der Waals surface area (Å²) in [5.74, 6) is -0.278. The second kappa shape index (κ2) is 11.1. The van der Waals surface area contributed by atoms with Gasteiger partial charge in [0.2, 0.25) is 5.91 Å². The van der Waals surface area contributed by atoms with Crippen LogP contribution in [0.5, 0.6) is 0 Å². The molecule has 0 spiro atoms. The van der Waals surface area contributed by atoms with Crippen molar-refractivity contribution >= 4 is 35.0 Å². The quantitative estimate of drug-likeness (QED) is 0.479. The molecule has 0 bridgehead atoms. The molecule has 2 atom stereocenters. The van der Waals surface area contributed by atoms with Gasteiger partial charge in [0, 0.05) is 11.4 Å². The van der Waals surface area contributed by atoms with Crippen LogP contribution < -0.4 is 5.32 Å². The largest absolute Gasteiger partial charge is 0.466 e. The average molecular weight is 407 g/mol. The van der Waals surface area contributed by atoms with Crippen molar-refractivity contribution in [2.45, 2.75) is 55.7 Å². The molecular formula is C20H26N2O3S2. The number of aryl methyl sites for hydroxylation is 1. The second-order valence-corrected chi connectivity index (χ2v) is 8.73. The number of hydrogen-bond acceptors (Lipinski definition) is 6. The van der Waals surface area contributed by atoms with Crippen molar-refractivity contribution in [2.75, 3.05) is 6.61 Å². The molecule has 5 nitrogen and oxygen atoms in total. The molecule has 7 heteroatoms. The number of ether oxygens (including phenoxy) is 1. The lowest BCUT2D eigenvalue weighted by atomic mass is 10.1. The van der Waals surface area contributed by atoms with Crippen LogP contribution in [-0.2, 0) is 27.2 Å². The normalized spacial score (nSPS) is 13.0. The highest BCUT2D eigenvalue weighted by atomic mass is 32.2. The van der Waals surface area contributed by atoms with Crippen molar-refractivity contribution in [3.63, 3.8) is 0 Å². The van der Waals surface area contributed by atoms with E-state index in [1.54, 1.807) is 6.92 Å². The van der Waals surface area contributed by atoms with E-state index in [9.17, 15) is 9.59 Å². The Morgan fingerprint density at radius 3 is 2.70 bits per heavy atom. The molecule has 0 aliphatic carbocycles. The van der Waals surface area contributed by atoms with Crippen LogP contribution >= 0.6 is 23.1 Å². The second-order valence-electron chi connectivity index (χ2n) is 6.28. The summed E-state index contributed by atoms with van der Waals surface area (Å²) in [6.07, 6.45) is 2.00. The zero-order valence-corrected chi connectivity index (χ0v) is 17.6. The van der Waals surface area contributed by atoms with Gasteiger partial charge in [-0.1, -0.05) is 42.1 Å². The third-order valence-electron chi connectivity index (χ3n) is 3.91. The van der Waals surface area contributed by atoms with Crippen LogP contribution in [0.3, 0.4) is 0 Å². The molecule has 1 amide bonds. The van der Waals surface area contributed by atoms with E-state index in [0.29, 0.717) is 12.3 Å². The molecule has 27 heavy (non-hydrogen) atoms. The van der Waals surface area contributed by atoms with E-state index in [-0.39, 0.29) is 29.6 Å². The summed E-state index contributed by atoms with van der Waals surface area (Å²) in [5, 5.41) is 4.66. The van der Waals surface area contributed by atoms with Gasteiger partial charge in [-0.25, -0.2) is 4.98 Å². The Morgan fingerprint density at radius 2 is 2.00 bits per heavy atom. The Labute approximate surface area is 168 Å². The highest BCUT2D eigenvalue weighted by Crippen LogP contribution is 2.27. The highest BCUT2D eigenvalue weighted by Gasteiger charge is 2.18. The van der Waals surface area contributed by atoms with Crippen LogP contribution in [0.15, 0.2) is 40.1 Å². The molecular weight excluding hydrogens is 380 g/mol. The number of nitrogens with one attached hydrogen (secondary N) is 1. The van der Waals surface area contributed by atoms with Gasteiger partial charge in [-0.3, -0.25) is 9.59 Å². The number of thioether (sulfide) groups is 1. The van der Waals surface area contributed by atoms with Crippen molar-refractivity contribution in [2.24, 2.45) is 0 Å². The van der Waals surface area contributed by atoms with Crippen LogP contribution in [0.1, 0.15) is 38.4 Å². The Bertz CT molecular complexity index is 734. The summed E-state index contributed by atoms with van der Waals surface area (Å²) in [6.45, 7) is 6.04. The van der Waals surface area contributed by atoms with Crippen molar-refractivity contribution in [1.29, 1.82) is 0 Å². The first-order valence-electron chi connectivity index (χ1n) is 9.09. The lowest BCUT2D eigenvalue weighted by Gasteiger charge is -2.16. The topological polar surface area (TPSA) is 68.3 Å². The lowest BCUT2D eigenvalue weighted by molar-refractivity contribution is -0.142. The van der Waals surface area contributed by atoms with Gasteiger partial charge in [-0.15, -0.1) is 11.3 Å². The van der Waals surface area contributed by atoms with Gasteiger partial charge >= 0.3 is 5.97 Å². The molecule has 0 saturated carbocycles. The monoisotopic (exact) mass is 406 g/mol. The van der Waals surface area contributed by atoms with Gasteiger partial charge in [-0.2, -0.15) is 0 Å². The van der Waals surface area contributed by atoms with Crippen LogP contribution in [0.2, 0.25) is 0 Å². The predicted octanol–water partition coefficient (Wildman–Crippen LogP) is 3.87. The number of nitrogens with zero attached hydrogens (tertiary/aromatic N) is 1. The fourth-order valence-corrected chi connectivity index (χ4v) is 4.44. The zero-order valence-electron chi connectivity index (χ0n) is 15.9. The number of thiazole rings is 1. The molecule has 2 rings (SSSR count). The van der Waals surface area contributed by atoms with Crippen molar-refractivity contribution in [3.8, 4) is 0 Å². The Kier molecular flexibility index (Phi) is 8.81. The number of rotatable bonds is 10. The van der Waals surface area contributed by atoms with Crippen molar-refractivity contribution in [1.82, 2.24) is 10.3 Å². The third-order valence-corrected chi connectivity index (χ3v) is 6.03. The first-order valence-corrected chi connectivity index (χ1v) is 10.8. The van der Waals surface area contributed by atoms with E-state index in [1.165, 1.54) is 28.7 Å². The van der Waals surface area contributed by atoms with Gasteiger partial charge in [0.25, 0.3) is 0 Å². The van der Waals surface area contributed by atoms with E-state index in [1.807, 2.05) is 37.4 Å². The van der Waals surface area contributed by atoms with Gasteiger partial charge < -0.3 is 10.1 Å². The Morgan fingerprint density at radius 1 is 1.26 bits per heavy atom. The number of benzene rings is 1. The van der Waals surface area contributed by atoms with Gasteiger partial charge in [0.05, 0.1) is 24.0 Å². The molecule has 0 aliphatic rings. The number of amides is 1. The molecule has 0 unspecified atom stereocenters. The van der Waals surface area contributed by atoms with E-state index in [0.717, 1.165) is 17.2 Å². The number of esters is 1. The molecule has 1 heterocycles. The first kappa shape index (κ1) is 21.4. The Hall–Kier alpha value is -1.86. The van der Waals surface area contributed by atoms with E-state index >= 15 is 0 Å². The molecule has 0 fully saturated rings. The maximum absolute atomic E-state index is 12.4. The molecule has 1 aromatic carbocycles. The Balaban J connectivity index is 1.76. The summed E-state index contributed by atoms with van der Waals surface area (Å²) in [5.41, 5.74) is 1.96. The zero-order chi connectivity index (χ0) is 19.6. The standard InChI is InChI=1S/C20H26N2O3S2/c1-4-25-18(23)12-17-13-26-20(22-17)27-15(3)19(24)21-14(2)10-11-16-8-6-5-7-9-16/h5-9,13-15H,4,10-12H2,1-3H3,(H,21,24)/t14-,15+/m1/s1. The van der Waals surface area contributed by atoms with Gasteiger partial charge in [-0.05, 0) is 39.2 Å². The molecule has 2 aromatic rings. The van der Waals surface area contributed by atoms with Crippen LogP contribution in [0.25, 0.3) is 0 Å². The first-order chi connectivity index (χ1) is 13.0.